The largest absolute Gasteiger partial charge is 0.473 e. The van der Waals surface area contributed by atoms with Crippen LogP contribution in [0.15, 0.2) is 6.07 Å². The molecule has 0 aliphatic carbocycles. The third-order valence-corrected chi connectivity index (χ3v) is 4.72. The van der Waals surface area contributed by atoms with Crippen molar-refractivity contribution < 1.29 is 29.0 Å². The zero-order chi connectivity index (χ0) is 20.7. The average Bonchev–Trinajstić information content (AvgIpc) is 2.57. The molecule has 1 aromatic carbocycles. The highest BCUT2D eigenvalue weighted by molar-refractivity contribution is 6.46. The normalized spacial score (nSPS) is 12.0. The van der Waals surface area contributed by atoms with Crippen molar-refractivity contribution in [3.05, 3.63) is 26.7 Å². The topological polar surface area (TPSA) is 89.9 Å². The van der Waals surface area contributed by atoms with Gasteiger partial charge >= 0.3 is 17.9 Å². The van der Waals surface area contributed by atoms with Crippen LogP contribution in [0, 0.1) is 11.8 Å². The first-order valence-corrected chi connectivity index (χ1v) is 9.51. The monoisotopic (exact) mass is 438 g/mol. The lowest BCUT2D eigenvalue weighted by Gasteiger charge is -2.19. The lowest BCUT2D eigenvalue weighted by Crippen LogP contribution is -2.22. The smallest absolute Gasteiger partial charge is 0.422 e. The van der Waals surface area contributed by atoms with E-state index in [1.54, 1.807) is 0 Å². The predicted molar refractivity (Wildman–Crippen MR) is 103 cm³/mol. The van der Waals surface area contributed by atoms with Gasteiger partial charge in [0, 0.05) is 0 Å². The van der Waals surface area contributed by atoms with Gasteiger partial charge in [0.2, 0.25) is 0 Å². The van der Waals surface area contributed by atoms with E-state index >= 15 is 0 Å². The van der Waals surface area contributed by atoms with E-state index in [4.69, 9.17) is 49.4 Å². The van der Waals surface area contributed by atoms with Gasteiger partial charge in [0.15, 0.2) is 5.75 Å². The number of hydrogen-bond donors (Lipinski definition) is 1. The molecule has 1 unspecified atom stereocenters. The van der Waals surface area contributed by atoms with Crippen molar-refractivity contribution >= 4 is 52.7 Å². The van der Waals surface area contributed by atoms with Gasteiger partial charge < -0.3 is 14.6 Å². The number of carbonyl (C=O) groups excluding carboxylic acids is 2. The van der Waals surface area contributed by atoms with Gasteiger partial charge in [-0.15, -0.1) is 0 Å². The van der Waals surface area contributed by atoms with E-state index in [0.717, 1.165) is 25.3 Å². The van der Waals surface area contributed by atoms with Crippen LogP contribution in [0.25, 0.3) is 0 Å². The number of aliphatic carboxylic acids is 1. The van der Waals surface area contributed by atoms with Gasteiger partial charge in [-0.1, -0.05) is 62.0 Å². The first-order chi connectivity index (χ1) is 12.6. The first-order valence-electron chi connectivity index (χ1n) is 8.38. The molecule has 0 bridgehead atoms. The Morgan fingerprint density at radius 1 is 1.15 bits per heavy atom. The second-order valence-electron chi connectivity index (χ2n) is 6.44. The van der Waals surface area contributed by atoms with Crippen LogP contribution in [-0.2, 0) is 14.3 Å². The number of carboxylic acids is 1. The highest BCUT2D eigenvalue weighted by atomic mass is 35.5. The summed E-state index contributed by atoms with van der Waals surface area (Å²) in [5, 5.41) is 8.18. The minimum Gasteiger partial charge on any atom is -0.473 e. The third-order valence-electron chi connectivity index (χ3n) is 3.65. The summed E-state index contributed by atoms with van der Waals surface area (Å²) in [5.74, 6) is -4.29. The lowest BCUT2D eigenvalue weighted by atomic mass is 9.94. The lowest BCUT2D eigenvalue weighted by molar-refractivity contribution is -0.158. The molecule has 6 nitrogen and oxygen atoms in total. The standard InChI is InChI=1S/C18H21Cl3O6/c1-4-5-10(6-9(2)3)8-26-17(24)13-14(21)11(19)7-12(20)15(13)27-18(25)16(22)23/h7,9-10H,4-6,8H2,1-3H3,(H,22,23). The molecule has 1 N–H and O–H groups in total. The molecule has 0 amide bonds. The zero-order valence-corrected chi connectivity index (χ0v) is 17.5. The molecule has 1 aromatic rings. The maximum absolute atomic E-state index is 12.6. The zero-order valence-electron chi connectivity index (χ0n) is 15.2. The number of halogens is 3. The predicted octanol–water partition coefficient (Wildman–Crippen LogP) is 5.26. The molecular formula is C18H21Cl3O6. The molecule has 0 heterocycles. The van der Waals surface area contributed by atoms with Gasteiger partial charge in [-0.3, -0.25) is 0 Å². The number of benzene rings is 1. The van der Waals surface area contributed by atoms with Crippen LogP contribution in [0.4, 0.5) is 0 Å². The summed E-state index contributed by atoms with van der Waals surface area (Å²) in [4.78, 5) is 34.7. The van der Waals surface area contributed by atoms with Gasteiger partial charge in [0.1, 0.15) is 5.56 Å². The minimum absolute atomic E-state index is 0.0592. The number of rotatable bonds is 8. The van der Waals surface area contributed by atoms with E-state index in [-0.39, 0.29) is 33.2 Å². The second-order valence-corrected chi connectivity index (χ2v) is 7.63. The molecule has 0 saturated heterocycles. The van der Waals surface area contributed by atoms with Crippen molar-refractivity contribution in [1.29, 1.82) is 0 Å². The second kappa shape index (κ2) is 10.7. The highest BCUT2D eigenvalue weighted by Gasteiger charge is 2.28. The van der Waals surface area contributed by atoms with Crippen LogP contribution in [0.5, 0.6) is 5.75 Å². The van der Waals surface area contributed by atoms with Crippen molar-refractivity contribution in [1.82, 2.24) is 0 Å². The van der Waals surface area contributed by atoms with Crippen molar-refractivity contribution in [2.45, 2.75) is 40.0 Å². The molecule has 1 rings (SSSR count). The number of carbonyl (C=O) groups is 3. The van der Waals surface area contributed by atoms with Gasteiger partial charge in [-0.25, -0.2) is 14.4 Å². The molecule has 0 saturated carbocycles. The molecule has 27 heavy (non-hydrogen) atoms. The first kappa shape index (κ1) is 23.5. The van der Waals surface area contributed by atoms with Crippen LogP contribution in [0.3, 0.4) is 0 Å². The molecule has 0 aliphatic rings. The summed E-state index contributed by atoms with van der Waals surface area (Å²) >= 11 is 18.0. The van der Waals surface area contributed by atoms with E-state index in [1.807, 2.05) is 6.92 Å². The van der Waals surface area contributed by atoms with Gasteiger partial charge in [0.05, 0.1) is 21.7 Å². The van der Waals surface area contributed by atoms with E-state index in [0.29, 0.717) is 5.92 Å². The summed E-state index contributed by atoms with van der Waals surface area (Å²) in [6.45, 7) is 6.31. The number of esters is 2. The van der Waals surface area contributed by atoms with Gasteiger partial charge in [-0.05, 0) is 30.7 Å². The number of carboxylic acid groups (broad SMARTS) is 1. The van der Waals surface area contributed by atoms with E-state index in [1.165, 1.54) is 0 Å². The Bertz CT molecular complexity index is 718. The third kappa shape index (κ3) is 6.87. The Morgan fingerprint density at radius 2 is 1.78 bits per heavy atom. The fraction of sp³-hybridized carbons (Fsp3) is 0.500. The molecule has 0 spiro atoms. The van der Waals surface area contributed by atoms with Crippen LogP contribution < -0.4 is 4.74 Å². The summed E-state index contributed by atoms with van der Waals surface area (Å²) in [6.07, 6.45) is 2.67. The van der Waals surface area contributed by atoms with Crippen molar-refractivity contribution in [2.24, 2.45) is 11.8 Å². The quantitative estimate of drug-likeness (QED) is 0.257. The van der Waals surface area contributed by atoms with E-state index in [2.05, 4.69) is 13.8 Å². The Morgan fingerprint density at radius 3 is 2.30 bits per heavy atom. The van der Waals surface area contributed by atoms with E-state index < -0.39 is 23.7 Å². The van der Waals surface area contributed by atoms with Crippen molar-refractivity contribution in [2.75, 3.05) is 6.61 Å². The fourth-order valence-electron chi connectivity index (χ4n) is 2.61. The van der Waals surface area contributed by atoms with E-state index in [9.17, 15) is 14.4 Å². The van der Waals surface area contributed by atoms with Crippen molar-refractivity contribution in [3.8, 4) is 5.75 Å². The Labute approximate surface area is 172 Å². The van der Waals surface area contributed by atoms with Gasteiger partial charge in [0.25, 0.3) is 0 Å². The Balaban J connectivity index is 3.13. The number of hydrogen-bond acceptors (Lipinski definition) is 5. The summed E-state index contributed by atoms with van der Waals surface area (Å²) in [7, 11) is 0. The van der Waals surface area contributed by atoms with Crippen molar-refractivity contribution in [3.63, 3.8) is 0 Å². The molecule has 0 aliphatic heterocycles. The minimum atomic E-state index is -1.85. The molecule has 9 heteroatoms. The molecule has 0 fully saturated rings. The van der Waals surface area contributed by atoms with Crippen LogP contribution in [-0.4, -0.2) is 29.6 Å². The molecule has 0 aromatic heterocycles. The maximum Gasteiger partial charge on any atom is 0.422 e. The van der Waals surface area contributed by atoms with Crippen LogP contribution >= 0.6 is 34.8 Å². The fourth-order valence-corrected chi connectivity index (χ4v) is 3.33. The molecule has 1 atom stereocenters. The SMILES string of the molecule is CCCC(COC(=O)c1c(Cl)c(Cl)cc(Cl)c1OC(=O)C(=O)O)CC(C)C. The Kier molecular flexibility index (Phi) is 9.36. The summed E-state index contributed by atoms with van der Waals surface area (Å²) in [6, 6.07) is 1.14. The maximum atomic E-state index is 12.6. The van der Waals surface area contributed by atoms with Gasteiger partial charge in [-0.2, -0.15) is 0 Å². The Hall–Kier alpha value is -1.50. The van der Waals surface area contributed by atoms with Crippen LogP contribution in [0.1, 0.15) is 50.4 Å². The molecule has 0 radical (unpaired) electrons. The highest BCUT2D eigenvalue weighted by Crippen LogP contribution is 2.40. The molecule has 150 valence electrons. The van der Waals surface area contributed by atoms with Crippen LogP contribution in [0.2, 0.25) is 15.1 Å². The summed E-state index contributed by atoms with van der Waals surface area (Å²) in [5.41, 5.74) is -0.386. The number of ether oxygens (including phenoxy) is 2. The average molecular weight is 440 g/mol. The molecular weight excluding hydrogens is 419 g/mol. The summed E-state index contributed by atoms with van der Waals surface area (Å²) < 4.78 is 10.0.